The van der Waals surface area contributed by atoms with Gasteiger partial charge in [-0.25, -0.2) is 4.68 Å². The average molecular weight is 365 g/mol. The summed E-state index contributed by atoms with van der Waals surface area (Å²) < 4.78 is 1.61. The molecule has 136 valence electrons. The van der Waals surface area contributed by atoms with Crippen molar-refractivity contribution >= 4 is 24.0 Å². The molecular weight excluding hydrogens is 340 g/mol. The van der Waals surface area contributed by atoms with E-state index in [-0.39, 0.29) is 18.3 Å². The van der Waals surface area contributed by atoms with E-state index in [2.05, 4.69) is 33.1 Å². The van der Waals surface area contributed by atoms with Crippen LogP contribution >= 0.6 is 12.4 Å². The van der Waals surface area contributed by atoms with Gasteiger partial charge in [0.2, 0.25) is 5.91 Å². The monoisotopic (exact) mass is 364 g/mol. The fourth-order valence-electron chi connectivity index (χ4n) is 3.29. The Kier molecular flexibility index (Phi) is 6.90. The zero-order valence-electron chi connectivity index (χ0n) is 14.6. The summed E-state index contributed by atoms with van der Waals surface area (Å²) in [5, 5.41) is 17.9. The fraction of sp³-hybridized carbons (Fsp3) is 0.529. The summed E-state index contributed by atoms with van der Waals surface area (Å²) in [5.41, 5.74) is 1.66. The van der Waals surface area contributed by atoms with Crippen molar-refractivity contribution in [2.24, 2.45) is 18.9 Å². The number of nitrogens with one attached hydrogen (secondary N) is 2. The number of amides is 1. The van der Waals surface area contributed by atoms with Crippen molar-refractivity contribution in [1.82, 2.24) is 25.5 Å². The van der Waals surface area contributed by atoms with Gasteiger partial charge in [-0.2, -0.15) is 0 Å². The van der Waals surface area contributed by atoms with E-state index in [1.54, 1.807) is 11.7 Å². The summed E-state index contributed by atoms with van der Waals surface area (Å²) in [4.78, 5) is 12.4. The Balaban J connectivity index is 0.00000225. The van der Waals surface area contributed by atoms with Crippen molar-refractivity contribution in [2.75, 3.05) is 18.4 Å². The molecule has 1 unspecified atom stereocenters. The Hall–Kier alpha value is -1.99. The minimum absolute atomic E-state index is 0. The number of halogens is 1. The highest BCUT2D eigenvalue weighted by molar-refractivity contribution is 5.91. The molecule has 1 aliphatic heterocycles. The first-order valence-electron chi connectivity index (χ1n) is 8.47. The summed E-state index contributed by atoms with van der Waals surface area (Å²) >= 11 is 0. The molecule has 0 spiro atoms. The largest absolute Gasteiger partial charge is 0.326 e. The predicted octanol–water partition coefficient (Wildman–Crippen LogP) is 2.26. The molecule has 1 fully saturated rings. The smallest absolute Gasteiger partial charge is 0.224 e. The molecule has 0 saturated carbocycles. The molecule has 2 aromatic rings. The van der Waals surface area contributed by atoms with Gasteiger partial charge >= 0.3 is 0 Å². The fourth-order valence-corrected chi connectivity index (χ4v) is 3.29. The number of anilines is 1. The van der Waals surface area contributed by atoms with Gasteiger partial charge in [-0.15, -0.1) is 17.5 Å². The molecule has 7 nitrogen and oxygen atoms in total. The molecule has 0 bridgehead atoms. The van der Waals surface area contributed by atoms with Gasteiger partial charge in [-0.05, 0) is 60.3 Å². The molecule has 2 N–H and O–H groups in total. The number of carbonyl (C=O) groups is 1. The number of tetrazole rings is 1. The van der Waals surface area contributed by atoms with E-state index >= 15 is 0 Å². The van der Waals surface area contributed by atoms with Crippen LogP contribution in [0.2, 0.25) is 0 Å². The minimum Gasteiger partial charge on any atom is -0.326 e. The van der Waals surface area contributed by atoms with E-state index in [1.165, 1.54) is 0 Å². The van der Waals surface area contributed by atoms with E-state index < -0.39 is 0 Å². The van der Waals surface area contributed by atoms with E-state index in [1.807, 2.05) is 24.3 Å². The number of hydrogen-bond donors (Lipinski definition) is 2. The summed E-state index contributed by atoms with van der Waals surface area (Å²) in [6.07, 6.45) is 2.87. The Labute approximate surface area is 154 Å². The number of hydrogen-bond acceptors (Lipinski definition) is 5. The second-order valence-electron chi connectivity index (χ2n) is 6.52. The summed E-state index contributed by atoms with van der Waals surface area (Å²) in [5.74, 6) is 1.77. The highest BCUT2D eigenvalue weighted by atomic mass is 35.5. The Morgan fingerprint density at radius 2 is 2.16 bits per heavy atom. The number of nitrogens with zero attached hydrogens (tertiary/aromatic N) is 4. The molecule has 1 aromatic heterocycles. The zero-order chi connectivity index (χ0) is 16.9. The number of aromatic nitrogens is 4. The first-order valence-corrected chi connectivity index (χ1v) is 8.47. The predicted molar refractivity (Wildman–Crippen MR) is 99.5 cm³/mol. The van der Waals surface area contributed by atoms with Crippen LogP contribution in [0.3, 0.4) is 0 Å². The third kappa shape index (κ3) is 4.99. The average Bonchev–Trinajstić information content (AvgIpc) is 3.02. The van der Waals surface area contributed by atoms with Crippen LogP contribution in [0.4, 0.5) is 5.69 Å². The van der Waals surface area contributed by atoms with Gasteiger partial charge in [0.1, 0.15) is 0 Å². The van der Waals surface area contributed by atoms with Crippen LogP contribution < -0.4 is 10.6 Å². The number of carbonyl (C=O) groups excluding carboxylic acids is 1. The van der Waals surface area contributed by atoms with Gasteiger partial charge in [0, 0.05) is 24.7 Å². The van der Waals surface area contributed by atoms with E-state index in [9.17, 15) is 4.79 Å². The van der Waals surface area contributed by atoms with Crippen LogP contribution in [0.5, 0.6) is 0 Å². The molecule has 0 aliphatic carbocycles. The third-order valence-corrected chi connectivity index (χ3v) is 4.72. The van der Waals surface area contributed by atoms with Crippen molar-refractivity contribution in [3.63, 3.8) is 0 Å². The van der Waals surface area contributed by atoms with Crippen LogP contribution in [0.1, 0.15) is 26.2 Å². The topological polar surface area (TPSA) is 84.7 Å². The van der Waals surface area contributed by atoms with Crippen molar-refractivity contribution < 1.29 is 4.79 Å². The highest BCUT2D eigenvalue weighted by Crippen LogP contribution is 2.25. The van der Waals surface area contributed by atoms with Crippen LogP contribution in [-0.2, 0) is 11.8 Å². The molecule has 1 saturated heterocycles. The maximum atomic E-state index is 12.4. The molecule has 2 heterocycles. The Morgan fingerprint density at radius 1 is 1.40 bits per heavy atom. The quantitative estimate of drug-likeness (QED) is 0.850. The number of rotatable bonds is 5. The standard InChI is InChI=1S/C17H24N6O.ClH/c1-12(13-6-8-18-9-7-13)10-16(24)19-15-5-3-4-14(11-15)17-20-21-22-23(17)2;/h3-5,11-13,18H,6-10H2,1-2H3,(H,19,24);1H. The van der Waals surface area contributed by atoms with E-state index in [4.69, 9.17) is 0 Å². The lowest BCUT2D eigenvalue weighted by Crippen LogP contribution is -2.32. The summed E-state index contributed by atoms with van der Waals surface area (Å²) in [7, 11) is 1.79. The number of benzene rings is 1. The van der Waals surface area contributed by atoms with Gasteiger partial charge in [-0.1, -0.05) is 19.1 Å². The molecule has 1 atom stereocenters. The lowest BCUT2D eigenvalue weighted by Gasteiger charge is -2.27. The minimum atomic E-state index is 0. The normalized spacial score (nSPS) is 16.1. The van der Waals surface area contributed by atoms with Gasteiger partial charge in [0.05, 0.1) is 0 Å². The highest BCUT2D eigenvalue weighted by Gasteiger charge is 2.22. The van der Waals surface area contributed by atoms with Gasteiger partial charge < -0.3 is 10.6 Å². The molecule has 1 aliphatic rings. The van der Waals surface area contributed by atoms with Crippen molar-refractivity contribution in [3.05, 3.63) is 24.3 Å². The van der Waals surface area contributed by atoms with Crippen molar-refractivity contribution in [3.8, 4) is 11.4 Å². The first-order chi connectivity index (χ1) is 11.6. The maximum Gasteiger partial charge on any atom is 0.224 e. The number of aryl methyl sites for hydroxylation is 1. The van der Waals surface area contributed by atoms with Crippen molar-refractivity contribution in [2.45, 2.75) is 26.2 Å². The lowest BCUT2D eigenvalue weighted by atomic mass is 9.84. The SMILES string of the molecule is CC(CC(=O)Nc1cccc(-c2nnnn2C)c1)C1CCNCC1.Cl. The molecular formula is C17H25ClN6O. The zero-order valence-corrected chi connectivity index (χ0v) is 15.4. The lowest BCUT2D eigenvalue weighted by molar-refractivity contribution is -0.117. The van der Waals surface area contributed by atoms with E-state index in [0.717, 1.165) is 37.2 Å². The number of piperidine rings is 1. The van der Waals surface area contributed by atoms with E-state index in [0.29, 0.717) is 24.1 Å². The molecule has 1 amide bonds. The molecule has 3 rings (SSSR count). The Bertz CT molecular complexity index is 698. The third-order valence-electron chi connectivity index (χ3n) is 4.72. The van der Waals surface area contributed by atoms with Gasteiger partial charge in [0.25, 0.3) is 0 Å². The van der Waals surface area contributed by atoms with Crippen molar-refractivity contribution in [1.29, 1.82) is 0 Å². The summed E-state index contributed by atoms with van der Waals surface area (Å²) in [6.45, 7) is 4.30. The molecule has 1 aromatic carbocycles. The second kappa shape index (κ2) is 8.92. The van der Waals surface area contributed by atoms with Gasteiger partial charge in [0.15, 0.2) is 5.82 Å². The first kappa shape index (κ1) is 19.3. The molecule has 8 heteroatoms. The molecule has 25 heavy (non-hydrogen) atoms. The Morgan fingerprint density at radius 3 is 2.84 bits per heavy atom. The summed E-state index contributed by atoms with van der Waals surface area (Å²) in [6, 6.07) is 7.62. The molecule has 0 radical (unpaired) electrons. The van der Waals surface area contributed by atoms with Crippen LogP contribution in [0, 0.1) is 11.8 Å². The second-order valence-corrected chi connectivity index (χ2v) is 6.52. The maximum absolute atomic E-state index is 12.4. The van der Waals surface area contributed by atoms with Crippen LogP contribution in [-0.4, -0.2) is 39.2 Å². The van der Waals surface area contributed by atoms with Crippen LogP contribution in [0.25, 0.3) is 11.4 Å². The van der Waals surface area contributed by atoms with Gasteiger partial charge in [-0.3, -0.25) is 4.79 Å². The van der Waals surface area contributed by atoms with Crippen LogP contribution in [0.15, 0.2) is 24.3 Å².